The summed E-state index contributed by atoms with van der Waals surface area (Å²) in [6, 6.07) is 8.39. The van der Waals surface area contributed by atoms with Crippen LogP contribution in [-0.2, 0) is 16.0 Å². The van der Waals surface area contributed by atoms with Gasteiger partial charge in [0.15, 0.2) is 5.96 Å². The molecule has 9 heteroatoms. The maximum Gasteiger partial charge on any atom is 0.409 e. The second kappa shape index (κ2) is 12.0. The van der Waals surface area contributed by atoms with Crippen LogP contribution >= 0.6 is 24.0 Å². The second-order valence-corrected chi connectivity index (χ2v) is 7.40. The van der Waals surface area contributed by atoms with Crippen molar-refractivity contribution in [3.63, 3.8) is 0 Å². The summed E-state index contributed by atoms with van der Waals surface area (Å²) >= 11 is 0. The Kier molecular flexibility index (Phi) is 9.67. The van der Waals surface area contributed by atoms with Crippen LogP contribution in [0.5, 0.6) is 0 Å². The number of rotatable bonds is 5. The number of nitrogens with zero attached hydrogens (tertiary/aromatic N) is 3. The lowest BCUT2D eigenvalue weighted by Crippen LogP contribution is -2.49. The highest BCUT2D eigenvalue weighted by molar-refractivity contribution is 14.0. The van der Waals surface area contributed by atoms with Gasteiger partial charge in [0.25, 0.3) is 0 Å². The molecule has 1 saturated heterocycles. The zero-order valence-electron chi connectivity index (χ0n) is 17.7. The second-order valence-electron chi connectivity index (χ2n) is 7.40. The number of halogens is 1. The first-order valence-electron chi connectivity index (χ1n) is 10.3. The normalized spacial score (nSPS) is 16.5. The van der Waals surface area contributed by atoms with Crippen LogP contribution in [0.4, 0.5) is 10.5 Å². The molecule has 2 N–H and O–H groups in total. The average molecular weight is 529 g/mol. The lowest BCUT2D eigenvalue weighted by molar-refractivity contribution is -0.118. The number of likely N-dealkylation sites (tertiary alicyclic amines) is 1. The number of fused-ring (bicyclic) bond motifs is 1. The van der Waals surface area contributed by atoms with Crippen molar-refractivity contribution in [2.45, 2.75) is 38.1 Å². The number of ether oxygens (including phenoxy) is 1. The number of nitrogens with one attached hydrogen (secondary N) is 2. The zero-order chi connectivity index (χ0) is 20.6. The van der Waals surface area contributed by atoms with E-state index in [2.05, 4.69) is 21.7 Å². The fourth-order valence-corrected chi connectivity index (χ4v) is 3.90. The van der Waals surface area contributed by atoms with Crippen molar-refractivity contribution in [2.75, 3.05) is 45.2 Å². The van der Waals surface area contributed by atoms with E-state index in [1.165, 1.54) is 12.7 Å². The Bertz CT molecular complexity index is 750. The van der Waals surface area contributed by atoms with Gasteiger partial charge in [-0.3, -0.25) is 9.79 Å². The SMILES string of the molecule is CN=C(NCCCC(=O)N1CCc2ccccc21)NC1CCN(C(=O)OC)CC1.I. The average Bonchev–Trinajstić information content (AvgIpc) is 3.20. The third-order valence-corrected chi connectivity index (χ3v) is 5.54. The van der Waals surface area contributed by atoms with Crippen molar-refractivity contribution < 1.29 is 14.3 Å². The van der Waals surface area contributed by atoms with Gasteiger partial charge in [-0.05, 0) is 37.3 Å². The number of carbonyl (C=O) groups is 2. The van der Waals surface area contributed by atoms with Gasteiger partial charge in [0.1, 0.15) is 0 Å². The van der Waals surface area contributed by atoms with Crippen molar-refractivity contribution in [1.29, 1.82) is 0 Å². The van der Waals surface area contributed by atoms with Crippen LogP contribution in [0.25, 0.3) is 0 Å². The first-order chi connectivity index (χ1) is 14.1. The molecule has 0 bridgehead atoms. The van der Waals surface area contributed by atoms with Crippen molar-refractivity contribution in [1.82, 2.24) is 15.5 Å². The Balaban J connectivity index is 0.00000320. The Morgan fingerprint density at radius 3 is 2.63 bits per heavy atom. The molecule has 1 aromatic rings. The number of guanidine groups is 1. The Labute approximate surface area is 195 Å². The standard InChI is InChI=1S/C21H31N5O3.HI/c1-22-20(24-17-10-13-25(14-11-17)21(28)29-2)23-12-5-8-19(27)26-15-9-16-6-3-4-7-18(16)26;/h3-4,6-7,17H,5,8-15H2,1-2H3,(H2,22,23,24);1H. The molecule has 0 aromatic heterocycles. The van der Waals surface area contributed by atoms with E-state index in [0.29, 0.717) is 26.1 Å². The third-order valence-electron chi connectivity index (χ3n) is 5.54. The smallest absolute Gasteiger partial charge is 0.409 e. The molecule has 0 spiro atoms. The molecule has 2 aliphatic heterocycles. The number of anilines is 1. The number of hydrogen-bond acceptors (Lipinski definition) is 4. The number of hydrogen-bond donors (Lipinski definition) is 2. The highest BCUT2D eigenvalue weighted by Gasteiger charge is 2.24. The minimum atomic E-state index is -0.267. The summed E-state index contributed by atoms with van der Waals surface area (Å²) in [6.45, 7) is 2.81. The topological polar surface area (TPSA) is 86.3 Å². The van der Waals surface area contributed by atoms with Gasteiger partial charge >= 0.3 is 6.09 Å². The van der Waals surface area contributed by atoms with Gasteiger partial charge in [-0.1, -0.05) is 18.2 Å². The maximum absolute atomic E-state index is 12.6. The molecule has 0 saturated carbocycles. The molecule has 8 nitrogen and oxygen atoms in total. The number of methoxy groups -OCH3 is 1. The van der Waals surface area contributed by atoms with Crippen molar-refractivity contribution in [3.05, 3.63) is 29.8 Å². The number of aliphatic imine (C=N–C) groups is 1. The molecular weight excluding hydrogens is 497 g/mol. The molecule has 1 aromatic carbocycles. The Morgan fingerprint density at radius 1 is 1.20 bits per heavy atom. The fourth-order valence-electron chi connectivity index (χ4n) is 3.90. The Hall–Kier alpha value is -2.04. The first-order valence-corrected chi connectivity index (χ1v) is 10.3. The van der Waals surface area contributed by atoms with Crippen molar-refractivity contribution >= 4 is 47.6 Å². The highest BCUT2D eigenvalue weighted by Crippen LogP contribution is 2.27. The van der Waals surface area contributed by atoms with E-state index >= 15 is 0 Å². The van der Waals surface area contributed by atoms with Gasteiger partial charge in [-0.15, -0.1) is 24.0 Å². The molecule has 0 unspecified atom stereocenters. The van der Waals surface area contributed by atoms with Crippen LogP contribution in [0.1, 0.15) is 31.2 Å². The molecule has 30 heavy (non-hydrogen) atoms. The molecule has 0 aliphatic carbocycles. The number of para-hydroxylation sites is 1. The van der Waals surface area contributed by atoms with Crippen LogP contribution in [0.15, 0.2) is 29.3 Å². The van der Waals surface area contributed by atoms with E-state index in [1.807, 2.05) is 23.1 Å². The van der Waals surface area contributed by atoms with E-state index in [1.54, 1.807) is 11.9 Å². The quantitative estimate of drug-likeness (QED) is 0.265. The lowest BCUT2D eigenvalue weighted by atomic mass is 10.1. The van der Waals surface area contributed by atoms with Crippen LogP contribution in [-0.4, -0.2) is 69.2 Å². The van der Waals surface area contributed by atoms with E-state index in [-0.39, 0.29) is 42.0 Å². The van der Waals surface area contributed by atoms with Gasteiger partial charge in [0, 0.05) is 51.4 Å². The summed E-state index contributed by atoms with van der Waals surface area (Å²) in [5, 5.41) is 6.69. The summed E-state index contributed by atoms with van der Waals surface area (Å²) in [5.41, 5.74) is 2.31. The fraction of sp³-hybridized carbons (Fsp3) is 0.571. The predicted octanol–water partition coefficient (Wildman–Crippen LogP) is 2.37. The van der Waals surface area contributed by atoms with Crippen LogP contribution < -0.4 is 15.5 Å². The number of piperidine rings is 1. The molecule has 3 rings (SSSR count). The van der Waals surface area contributed by atoms with Gasteiger partial charge in [-0.25, -0.2) is 4.79 Å². The summed E-state index contributed by atoms with van der Waals surface area (Å²) in [7, 11) is 3.15. The first kappa shape index (κ1) is 24.2. The minimum absolute atomic E-state index is 0. The molecule has 166 valence electrons. The molecule has 2 heterocycles. The molecule has 2 aliphatic rings. The number of carbonyl (C=O) groups excluding carboxylic acids is 2. The summed E-state index contributed by atoms with van der Waals surface area (Å²) in [5.74, 6) is 0.912. The summed E-state index contributed by atoms with van der Waals surface area (Å²) in [4.78, 5) is 32.0. The largest absolute Gasteiger partial charge is 0.453 e. The molecular formula is C21H32IN5O3. The third kappa shape index (κ3) is 6.23. The van der Waals surface area contributed by atoms with Gasteiger partial charge in [0.05, 0.1) is 7.11 Å². The number of amides is 2. The van der Waals surface area contributed by atoms with Gasteiger partial charge in [-0.2, -0.15) is 0 Å². The predicted molar refractivity (Wildman–Crippen MR) is 129 cm³/mol. The van der Waals surface area contributed by atoms with Crippen LogP contribution in [0, 0.1) is 0 Å². The highest BCUT2D eigenvalue weighted by atomic mass is 127. The Morgan fingerprint density at radius 2 is 1.93 bits per heavy atom. The van der Waals surface area contributed by atoms with Crippen molar-refractivity contribution in [2.24, 2.45) is 4.99 Å². The lowest BCUT2D eigenvalue weighted by Gasteiger charge is -2.32. The van der Waals surface area contributed by atoms with Crippen LogP contribution in [0.3, 0.4) is 0 Å². The molecule has 2 amide bonds. The maximum atomic E-state index is 12.6. The number of benzene rings is 1. The zero-order valence-corrected chi connectivity index (χ0v) is 20.1. The van der Waals surface area contributed by atoms with Crippen LogP contribution in [0.2, 0.25) is 0 Å². The van der Waals surface area contributed by atoms with E-state index < -0.39 is 0 Å². The summed E-state index contributed by atoms with van der Waals surface area (Å²) in [6.07, 6.45) is 3.63. The van der Waals surface area contributed by atoms with E-state index in [4.69, 9.17) is 4.74 Å². The molecule has 0 radical (unpaired) electrons. The minimum Gasteiger partial charge on any atom is -0.453 e. The van der Waals surface area contributed by atoms with Crippen molar-refractivity contribution in [3.8, 4) is 0 Å². The monoisotopic (exact) mass is 529 g/mol. The summed E-state index contributed by atoms with van der Waals surface area (Å²) < 4.78 is 4.77. The molecule has 1 fully saturated rings. The van der Waals surface area contributed by atoms with E-state index in [9.17, 15) is 9.59 Å². The van der Waals surface area contributed by atoms with Gasteiger partial charge in [0.2, 0.25) is 5.91 Å². The van der Waals surface area contributed by atoms with E-state index in [0.717, 1.165) is 43.9 Å². The molecule has 0 atom stereocenters. The van der Waals surface area contributed by atoms with Gasteiger partial charge < -0.3 is 25.2 Å².